The fourth-order valence-corrected chi connectivity index (χ4v) is 0.940. The Bertz CT molecular complexity index is 128. The largest absolute Gasteiger partial charge is 0.481 e. The van der Waals surface area contributed by atoms with Gasteiger partial charge in [0.1, 0.15) is 0 Å². The Morgan fingerprint density at radius 1 is 1.38 bits per heavy atom. The van der Waals surface area contributed by atoms with Crippen molar-refractivity contribution < 1.29 is 14.6 Å². The second-order valence-electron chi connectivity index (χ2n) is 2.80. The first-order valence-electron chi connectivity index (χ1n) is 4.77. The lowest BCUT2D eigenvalue weighted by molar-refractivity contribution is -0.137. The second-order valence-corrected chi connectivity index (χ2v) is 2.80. The molecule has 0 bridgehead atoms. The molecule has 0 amide bonds. The molecule has 0 unspecified atom stereocenters. The van der Waals surface area contributed by atoms with Crippen molar-refractivity contribution in [2.75, 3.05) is 26.3 Å². The van der Waals surface area contributed by atoms with Crippen molar-refractivity contribution >= 4 is 5.97 Å². The van der Waals surface area contributed by atoms with E-state index in [4.69, 9.17) is 9.84 Å². The maximum absolute atomic E-state index is 10.1. The average Bonchev–Trinajstić information content (AvgIpc) is 2.09. The summed E-state index contributed by atoms with van der Waals surface area (Å²) in [6.45, 7) is 5.17. The zero-order valence-corrected chi connectivity index (χ0v) is 8.21. The molecule has 0 aliphatic carbocycles. The summed E-state index contributed by atoms with van der Waals surface area (Å²) in [7, 11) is 0. The first-order valence-corrected chi connectivity index (χ1v) is 4.77. The van der Waals surface area contributed by atoms with Gasteiger partial charge in [0, 0.05) is 19.6 Å². The van der Waals surface area contributed by atoms with Gasteiger partial charge in [0.05, 0.1) is 6.61 Å². The van der Waals surface area contributed by atoms with Crippen LogP contribution >= 0.6 is 0 Å². The lowest BCUT2D eigenvalue weighted by Gasteiger charge is -2.03. The van der Waals surface area contributed by atoms with Gasteiger partial charge in [-0.3, -0.25) is 4.79 Å². The van der Waals surface area contributed by atoms with Crippen molar-refractivity contribution in [2.45, 2.75) is 26.2 Å². The molecule has 4 heteroatoms. The van der Waals surface area contributed by atoms with Gasteiger partial charge in [0.15, 0.2) is 0 Å². The summed E-state index contributed by atoms with van der Waals surface area (Å²) in [6, 6.07) is 0. The molecule has 0 aromatic carbocycles. The van der Waals surface area contributed by atoms with Crippen molar-refractivity contribution in [2.24, 2.45) is 0 Å². The smallest absolute Gasteiger partial charge is 0.303 e. The van der Waals surface area contributed by atoms with Crippen LogP contribution in [0.2, 0.25) is 0 Å². The molecule has 13 heavy (non-hydrogen) atoms. The molecule has 0 spiro atoms. The Hall–Kier alpha value is -0.610. The van der Waals surface area contributed by atoms with Crippen molar-refractivity contribution in [1.82, 2.24) is 5.32 Å². The number of carbonyl (C=O) groups is 1. The fraction of sp³-hybridized carbons (Fsp3) is 0.889. The highest BCUT2D eigenvalue weighted by Crippen LogP contribution is 1.92. The third-order valence-corrected chi connectivity index (χ3v) is 1.62. The summed E-state index contributed by atoms with van der Waals surface area (Å²) in [5.41, 5.74) is 0. The zero-order valence-electron chi connectivity index (χ0n) is 8.21. The van der Waals surface area contributed by atoms with E-state index in [-0.39, 0.29) is 6.42 Å². The Morgan fingerprint density at radius 2 is 2.15 bits per heavy atom. The first-order chi connectivity index (χ1) is 6.27. The third-order valence-electron chi connectivity index (χ3n) is 1.62. The summed E-state index contributed by atoms with van der Waals surface area (Å²) in [4.78, 5) is 10.1. The van der Waals surface area contributed by atoms with Gasteiger partial charge in [-0.25, -0.2) is 0 Å². The van der Waals surface area contributed by atoms with Crippen molar-refractivity contribution in [3.63, 3.8) is 0 Å². The molecule has 0 saturated heterocycles. The second kappa shape index (κ2) is 9.48. The van der Waals surface area contributed by atoms with Crippen LogP contribution in [0.4, 0.5) is 0 Å². The van der Waals surface area contributed by atoms with Crippen LogP contribution in [0.5, 0.6) is 0 Å². The Labute approximate surface area is 79.3 Å². The summed E-state index contributed by atoms with van der Waals surface area (Å²) in [5.74, 6) is -0.714. The van der Waals surface area contributed by atoms with Crippen molar-refractivity contribution in [3.05, 3.63) is 0 Å². The van der Waals surface area contributed by atoms with Crippen molar-refractivity contribution in [3.8, 4) is 0 Å². The maximum atomic E-state index is 10.1. The molecule has 0 aromatic heterocycles. The van der Waals surface area contributed by atoms with E-state index in [1.54, 1.807) is 0 Å². The first kappa shape index (κ1) is 12.4. The number of unbranched alkanes of at least 4 members (excludes halogenated alkanes) is 1. The van der Waals surface area contributed by atoms with E-state index in [0.29, 0.717) is 0 Å². The molecular formula is C9H19NO3. The van der Waals surface area contributed by atoms with Gasteiger partial charge >= 0.3 is 5.97 Å². The van der Waals surface area contributed by atoms with Gasteiger partial charge in [-0.15, -0.1) is 0 Å². The highest BCUT2D eigenvalue weighted by atomic mass is 16.5. The quantitative estimate of drug-likeness (QED) is 0.528. The van der Waals surface area contributed by atoms with Crippen LogP contribution in [-0.2, 0) is 9.53 Å². The molecule has 78 valence electrons. The molecule has 2 N–H and O–H groups in total. The Morgan fingerprint density at radius 3 is 2.77 bits per heavy atom. The summed E-state index contributed by atoms with van der Waals surface area (Å²) < 4.78 is 5.12. The molecule has 4 nitrogen and oxygen atoms in total. The van der Waals surface area contributed by atoms with E-state index in [1.807, 2.05) is 6.92 Å². The number of carboxylic acid groups (broad SMARTS) is 1. The van der Waals surface area contributed by atoms with Crippen LogP contribution in [0.3, 0.4) is 0 Å². The number of rotatable bonds is 9. The number of hydrogen-bond donors (Lipinski definition) is 2. The molecule has 0 aromatic rings. The number of nitrogens with one attached hydrogen (secondary N) is 1. The summed E-state index contributed by atoms with van der Waals surface area (Å²) in [5, 5.41) is 11.5. The van der Waals surface area contributed by atoms with Crippen LogP contribution < -0.4 is 5.32 Å². The molecule has 0 aliphatic heterocycles. The summed E-state index contributed by atoms with van der Waals surface area (Å²) >= 11 is 0. The molecule has 0 aliphatic rings. The molecule has 0 saturated carbocycles. The van der Waals surface area contributed by atoms with Crippen LogP contribution in [0.1, 0.15) is 26.2 Å². The molecular weight excluding hydrogens is 170 g/mol. The Balaban J connectivity index is 2.87. The zero-order chi connectivity index (χ0) is 9.94. The number of carboxylic acids is 1. The number of hydrogen-bond acceptors (Lipinski definition) is 3. The van der Waals surface area contributed by atoms with Gasteiger partial charge in [-0.2, -0.15) is 0 Å². The SMILES string of the molecule is CCOCCNCCCCC(=O)O. The van der Waals surface area contributed by atoms with Crippen LogP contribution in [0.15, 0.2) is 0 Å². The third kappa shape index (κ3) is 11.4. The molecule has 0 radical (unpaired) electrons. The van der Waals surface area contributed by atoms with E-state index in [9.17, 15) is 4.79 Å². The predicted molar refractivity (Wildman–Crippen MR) is 50.8 cm³/mol. The minimum Gasteiger partial charge on any atom is -0.481 e. The predicted octanol–water partition coefficient (Wildman–Crippen LogP) is 0.867. The van der Waals surface area contributed by atoms with E-state index in [1.165, 1.54) is 0 Å². The van der Waals surface area contributed by atoms with E-state index in [2.05, 4.69) is 5.32 Å². The number of aliphatic carboxylic acids is 1. The van der Waals surface area contributed by atoms with Gasteiger partial charge in [-0.1, -0.05) is 0 Å². The maximum Gasteiger partial charge on any atom is 0.303 e. The topological polar surface area (TPSA) is 58.6 Å². The van der Waals surface area contributed by atoms with Crippen LogP contribution in [0, 0.1) is 0 Å². The van der Waals surface area contributed by atoms with Crippen LogP contribution in [-0.4, -0.2) is 37.4 Å². The molecule has 0 rings (SSSR count). The van der Waals surface area contributed by atoms with E-state index in [0.717, 1.165) is 39.1 Å². The monoisotopic (exact) mass is 189 g/mol. The van der Waals surface area contributed by atoms with E-state index < -0.39 is 5.97 Å². The van der Waals surface area contributed by atoms with Gasteiger partial charge in [-0.05, 0) is 26.3 Å². The summed E-state index contributed by atoms with van der Waals surface area (Å²) in [6.07, 6.45) is 1.93. The Kier molecular flexibility index (Phi) is 9.03. The lowest BCUT2D eigenvalue weighted by Crippen LogP contribution is -2.20. The van der Waals surface area contributed by atoms with Crippen molar-refractivity contribution in [1.29, 1.82) is 0 Å². The normalized spacial score (nSPS) is 10.2. The fourth-order valence-electron chi connectivity index (χ4n) is 0.940. The molecule has 0 heterocycles. The number of ether oxygens (including phenoxy) is 1. The lowest BCUT2D eigenvalue weighted by atomic mass is 10.2. The minimum atomic E-state index is -0.714. The standard InChI is InChI=1S/C9H19NO3/c1-2-13-8-7-10-6-4-3-5-9(11)12/h10H,2-8H2,1H3,(H,11,12). The van der Waals surface area contributed by atoms with E-state index >= 15 is 0 Å². The highest BCUT2D eigenvalue weighted by molar-refractivity contribution is 5.66. The van der Waals surface area contributed by atoms with Gasteiger partial charge in [0.2, 0.25) is 0 Å². The van der Waals surface area contributed by atoms with Gasteiger partial charge < -0.3 is 15.2 Å². The minimum absolute atomic E-state index is 0.271. The average molecular weight is 189 g/mol. The van der Waals surface area contributed by atoms with Crippen LogP contribution in [0.25, 0.3) is 0 Å². The molecule has 0 atom stereocenters. The molecule has 0 fully saturated rings. The highest BCUT2D eigenvalue weighted by Gasteiger charge is 1.95. The van der Waals surface area contributed by atoms with Gasteiger partial charge in [0.25, 0.3) is 0 Å².